The van der Waals surface area contributed by atoms with Gasteiger partial charge < -0.3 is 0 Å². The van der Waals surface area contributed by atoms with Crippen molar-refractivity contribution >= 4 is 41.0 Å². The van der Waals surface area contributed by atoms with Crippen LogP contribution in [0.5, 0.6) is 0 Å². The first-order valence-electron chi connectivity index (χ1n) is 11.0. The largest absolute Gasteiger partial charge is 0.150 e. The molecule has 0 aliphatic heterocycles. The average molecular weight is 577 g/mol. The summed E-state index contributed by atoms with van der Waals surface area (Å²) in [5.74, 6) is 0.560. The van der Waals surface area contributed by atoms with Gasteiger partial charge in [0.2, 0.25) is 0 Å². The predicted molar refractivity (Wildman–Crippen MR) is 151 cm³/mol. The van der Waals surface area contributed by atoms with Crippen molar-refractivity contribution in [2.24, 2.45) is 5.92 Å². The summed E-state index contributed by atoms with van der Waals surface area (Å²) in [6, 6.07) is 17.6. The maximum Gasteiger partial charge on any atom is -0.0395 e. The van der Waals surface area contributed by atoms with E-state index in [2.05, 4.69) is 116 Å². The Bertz CT molecular complexity index is 1150. The van der Waals surface area contributed by atoms with E-state index in [4.69, 9.17) is 0 Å². The van der Waals surface area contributed by atoms with E-state index in [0.717, 1.165) is 0 Å². The van der Waals surface area contributed by atoms with Gasteiger partial charge in [-0.1, -0.05) is 56.0 Å². The molecule has 0 nitrogen and oxygen atoms in total. The van der Waals surface area contributed by atoms with E-state index < -0.39 is 0 Å². The minimum atomic E-state index is 0. The Balaban J connectivity index is 0.000000580. The van der Waals surface area contributed by atoms with Crippen LogP contribution in [0.25, 0.3) is 21.9 Å². The number of fused-ring (bicyclic) bond motifs is 1. The summed E-state index contributed by atoms with van der Waals surface area (Å²) in [5.41, 5.74) is 11.3. The fourth-order valence-corrected chi connectivity index (χ4v) is 3.80. The Hall–Kier alpha value is -0.790. The first kappa shape index (κ1) is 32.2. The molecule has 3 aromatic rings. The van der Waals surface area contributed by atoms with Crippen molar-refractivity contribution in [2.45, 2.75) is 61.6 Å². The van der Waals surface area contributed by atoms with Gasteiger partial charge in [-0.3, -0.25) is 6.08 Å². The molecule has 3 aromatic carbocycles. The van der Waals surface area contributed by atoms with Crippen molar-refractivity contribution in [3.8, 4) is 11.1 Å². The van der Waals surface area contributed by atoms with Gasteiger partial charge in [0.25, 0.3) is 0 Å². The standard InChI is InChI=1S/C18H17.C9H13.C2H6Si.2ClH.Zr/c1-12-10-14(3)18(11-13(12)2)17-9-8-15-6-4-5-7-16(15)17;1-6-5-7(2)9(4)8(6)3;1-3-2;;;/h4-11H,1-3H3;6H,1-4H3;1-2H3;2*1H;/q2*-1;;;;+2. The number of benzene rings is 2. The van der Waals surface area contributed by atoms with Crippen molar-refractivity contribution in [3.05, 3.63) is 88.0 Å². The van der Waals surface area contributed by atoms with E-state index in [0.29, 0.717) is 5.92 Å². The summed E-state index contributed by atoms with van der Waals surface area (Å²) in [6.07, 6.45) is 3.36. The number of allylic oxidation sites excluding steroid dienone is 4. The van der Waals surface area contributed by atoms with Gasteiger partial charge in [-0.2, -0.15) is 11.1 Å². The van der Waals surface area contributed by atoms with Crippen LogP contribution in [0.15, 0.2) is 65.3 Å². The van der Waals surface area contributed by atoms with Gasteiger partial charge in [0, 0.05) is 0 Å². The molecule has 176 valence electrons. The zero-order chi connectivity index (χ0) is 23.3. The molecule has 0 N–H and O–H groups in total. The molecule has 0 spiro atoms. The summed E-state index contributed by atoms with van der Waals surface area (Å²) < 4.78 is 0. The monoisotopic (exact) mass is 574 g/mol. The van der Waals surface area contributed by atoms with Crippen LogP contribution in [0.2, 0.25) is 13.1 Å². The van der Waals surface area contributed by atoms with Crippen molar-refractivity contribution in [2.75, 3.05) is 0 Å². The molecule has 0 bridgehead atoms. The summed E-state index contributed by atoms with van der Waals surface area (Å²) in [7, 11) is 0. The SMILES string of the molecule is CC1=[C-]C(C)C(C)=C1C.C[Si](C)=[Zr+2].Cc1cc(C)c(-c2c[cH-]c3ccccc23)cc1C.Cl.Cl. The molecule has 0 heterocycles. The molecule has 1 atom stereocenters. The first-order chi connectivity index (χ1) is 14.5. The zero-order valence-electron chi connectivity index (χ0n) is 21.5. The van der Waals surface area contributed by atoms with E-state index in [1.807, 2.05) is 0 Å². The molecular weight excluding hydrogens is 539 g/mol. The molecule has 0 saturated carbocycles. The summed E-state index contributed by atoms with van der Waals surface area (Å²) in [6.45, 7) is 19.8. The second kappa shape index (κ2) is 14.6. The summed E-state index contributed by atoms with van der Waals surface area (Å²) >= 11 is 1.74. The van der Waals surface area contributed by atoms with Crippen molar-refractivity contribution < 1.29 is 23.3 Å². The first-order valence-corrected chi connectivity index (χ1v) is 17.2. The smallest absolute Gasteiger partial charge is 0.0395 e. The number of hydrogen-bond donors (Lipinski definition) is 0. The molecule has 0 saturated heterocycles. The number of rotatable bonds is 1. The molecule has 1 aliphatic carbocycles. The maximum absolute atomic E-state index is 3.36. The summed E-state index contributed by atoms with van der Waals surface area (Å²) in [5, 5.41) is 2.67. The van der Waals surface area contributed by atoms with Crippen LogP contribution < -0.4 is 0 Å². The van der Waals surface area contributed by atoms with Gasteiger partial charge >= 0.3 is 41.9 Å². The molecule has 4 rings (SSSR count). The second-order valence-electron chi connectivity index (χ2n) is 8.88. The van der Waals surface area contributed by atoms with E-state index in [1.165, 1.54) is 55.3 Å². The normalized spacial score (nSPS) is 14.3. The minimum Gasteiger partial charge on any atom is -0.150 e. The quantitative estimate of drug-likeness (QED) is 0.200. The fraction of sp³-hybridized carbons (Fsp3) is 0.345. The predicted octanol–water partition coefficient (Wildman–Crippen LogP) is 9.50. The fourth-order valence-electron chi connectivity index (χ4n) is 3.80. The number of aryl methyl sites for hydroxylation is 3. The van der Waals surface area contributed by atoms with Crippen LogP contribution in [-0.4, -0.2) is 5.43 Å². The van der Waals surface area contributed by atoms with Crippen LogP contribution in [0.4, 0.5) is 0 Å². The van der Waals surface area contributed by atoms with Crippen molar-refractivity contribution in [1.82, 2.24) is 0 Å². The van der Waals surface area contributed by atoms with E-state index >= 15 is 0 Å². The van der Waals surface area contributed by atoms with Gasteiger partial charge in [-0.05, 0) is 31.9 Å². The Morgan fingerprint density at radius 2 is 1.39 bits per heavy atom. The van der Waals surface area contributed by atoms with Gasteiger partial charge in [-0.25, -0.2) is 5.57 Å². The molecule has 1 aliphatic rings. The number of hydrogen-bond acceptors (Lipinski definition) is 0. The molecule has 0 fully saturated rings. The van der Waals surface area contributed by atoms with Crippen LogP contribution >= 0.6 is 24.8 Å². The Morgan fingerprint density at radius 3 is 1.88 bits per heavy atom. The molecule has 0 amide bonds. The molecular formula is C29H38Cl2SiZr. The van der Waals surface area contributed by atoms with Crippen LogP contribution in [0.1, 0.15) is 44.4 Å². The molecule has 33 heavy (non-hydrogen) atoms. The minimum absolute atomic E-state index is 0. The number of halogens is 2. The van der Waals surface area contributed by atoms with Crippen LogP contribution in [-0.2, 0) is 23.3 Å². The molecule has 1 unspecified atom stereocenters. The van der Waals surface area contributed by atoms with Gasteiger partial charge in [0.05, 0.1) is 0 Å². The maximum atomic E-state index is 3.36. The third kappa shape index (κ3) is 8.74. The zero-order valence-corrected chi connectivity index (χ0v) is 26.6. The van der Waals surface area contributed by atoms with E-state index in [-0.39, 0.29) is 30.2 Å². The average Bonchev–Trinajstić information content (AvgIpc) is 3.22. The van der Waals surface area contributed by atoms with Gasteiger partial charge in [0.15, 0.2) is 0 Å². The summed E-state index contributed by atoms with van der Waals surface area (Å²) in [4.78, 5) is 0. The van der Waals surface area contributed by atoms with Crippen molar-refractivity contribution in [1.29, 1.82) is 0 Å². The van der Waals surface area contributed by atoms with Gasteiger partial charge in [0.1, 0.15) is 0 Å². The third-order valence-electron chi connectivity index (χ3n) is 6.05. The Morgan fingerprint density at radius 1 is 0.848 bits per heavy atom. The van der Waals surface area contributed by atoms with E-state index in [9.17, 15) is 0 Å². The Labute approximate surface area is 229 Å². The van der Waals surface area contributed by atoms with Crippen molar-refractivity contribution in [3.63, 3.8) is 0 Å². The second-order valence-corrected chi connectivity index (χ2v) is 18.3. The Kier molecular flexibility index (Phi) is 14.2. The van der Waals surface area contributed by atoms with Crippen LogP contribution in [0, 0.1) is 32.8 Å². The van der Waals surface area contributed by atoms with E-state index in [1.54, 1.807) is 23.3 Å². The topological polar surface area (TPSA) is 0 Å². The molecule has 0 radical (unpaired) electrons. The van der Waals surface area contributed by atoms with Crippen LogP contribution in [0.3, 0.4) is 0 Å². The molecule has 4 heteroatoms. The van der Waals surface area contributed by atoms with Gasteiger partial charge in [-0.15, -0.1) is 78.4 Å². The molecule has 0 aromatic heterocycles. The third-order valence-corrected chi connectivity index (χ3v) is 6.05.